The van der Waals surface area contributed by atoms with E-state index in [-0.39, 0.29) is 18.8 Å². The molecule has 0 radical (unpaired) electrons. The summed E-state index contributed by atoms with van der Waals surface area (Å²) in [5.74, 6) is -0.356. The maximum absolute atomic E-state index is 11.7. The van der Waals surface area contributed by atoms with Gasteiger partial charge >= 0.3 is 0 Å². The standard InChI is InChI=1S/C21H23N5O3/c1-24-21(28)20(29-14-27)10-15-2-4-18(5-3-15)26-9-6-16-13-25-8-7-19(16)17(11-22)12-23/h2-9,11-14,20,22,26H,10,23H2,1H3,(H,24,28)/b9-6+,17-12+,22-11?. The highest BCUT2D eigenvalue weighted by Gasteiger charge is 2.18. The van der Waals surface area contributed by atoms with Crippen LogP contribution in [0.4, 0.5) is 5.69 Å². The first-order valence-corrected chi connectivity index (χ1v) is 8.82. The second kappa shape index (κ2) is 11.0. The van der Waals surface area contributed by atoms with Gasteiger partial charge < -0.3 is 26.5 Å². The van der Waals surface area contributed by atoms with Gasteiger partial charge in [-0.1, -0.05) is 12.1 Å². The molecule has 1 amide bonds. The lowest BCUT2D eigenvalue weighted by molar-refractivity contribution is -0.144. The number of carbonyl (C=O) groups excluding carboxylic acids is 2. The van der Waals surface area contributed by atoms with Crippen LogP contribution in [-0.2, 0) is 20.7 Å². The molecule has 150 valence electrons. The Morgan fingerprint density at radius 3 is 2.69 bits per heavy atom. The van der Waals surface area contributed by atoms with Crippen molar-refractivity contribution in [3.05, 3.63) is 71.8 Å². The van der Waals surface area contributed by atoms with Crippen LogP contribution in [0.15, 0.2) is 55.1 Å². The fourth-order valence-corrected chi connectivity index (χ4v) is 2.63. The summed E-state index contributed by atoms with van der Waals surface area (Å²) in [6.07, 6.45) is 8.93. The molecule has 1 atom stereocenters. The quantitative estimate of drug-likeness (QED) is 0.360. The zero-order chi connectivity index (χ0) is 21.1. The monoisotopic (exact) mass is 393 g/mol. The van der Waals surface area contributed by atoms with Gasteiger partial charge in [-0.25, -0.2) is 0 Å². The fourth-order valence-electron chi connectivity index (χ4n) is 2.63. The van der Waals surface area contributed by atoms with Gasteiger partial charge in [0.25, 0.3) is 12.4 Å². The summed E-state index contributed by atoms with van der Waals surface area (Å²) in [4.78, 5) is 26.4. The molecule has 29 heavy (non-hydrogen) atoms. The van der Waals surface area contributed by atoms with Gasteiger partial charge in [0.05, 0.1) is 0 Å². The molecule has 1 heterocycles. The molecule has 1 aromatic carbocycles. The zero-order valence-electron chi connectivity index (χ0n) is 16.0. The summed E-state index contributed by atoms with van der Waals surface area (Å²) in [5.41, 5.74) is 9.48. The minimum atomic E-state index is -0.862. The highest BCUT2D eigenvalue weighted by molar-refractivity contribution is 6.09. The molecule has 2 aromatic rings. The first-order valence-electron chi connectivity index (χ1n) is 8.82. The highest BCUT2D eigenvalue weighted by atomic mass is 16.5. The molecule has 8 heteroatoms. The van der Waals surface area contributed by atoms with E-state index in [1.54, 1.807) is 24.7 Å². The summed E-state index contributed by atoms with van der Waals surface area (Å²) in [5, 5.41) is 13.1. The van der Waals surface area contributed by atoms with E-state index in [4.69, 9.17) is 15.9 Å². The number of aromatic nitrogens is 1. The topological polar surface area (TPSA) is 130 Å². The Morgan fingerprint density at radius 1 is 1.31 bits per heavy atom. The summed E-state index contributed by atoms with van der Waals surface area (Å²) in [6, 6.07) is 9.20. The number of allylic oxidation sites excluding steroid dienone is 1. The average molecular weight is 393 g/mol. The number of rotatable bonds is 10. The van der Waals surface area contributed by atoms with E-state index in [1.165, 1.54) is 19.5 Å². The number of hydrogen-bond donors (Lipinski definition) is 4. The van der Waals surface area contributed by atoms with Crippen molar-refractivity contribution in [3.63, 3.8) is 0 Å². The van der Waals surface area contributed by atoms with Crippen LogP contribution in [0.1, 0.15) is 16.7 Å². The Bertz CT molecular complexity index is 907. The number of anilines is 1. The van der Waals surface area contributed by atoms with E-state index >= 15 is 0 Å². The maximum Gasteiger partial charge on any atom is 0.293 e. The van der Waals surface area contributed by atoms with Crippen LogP contribution >= 0.6 is 0 Å². The molecule has 1 aromatic heterocycles. The van der Waals surface area contributed by atoms with E-state index in [9.17, 15) is 9.59 Å². The molecule has 0 saturated heterocycles. The first kappa shape index (κ1) is 21.4. The van der Waals surface area contributed by atoms with E-state index < -0.39 is 6.10 Å². The first-order chi connectivity index (χ1) is 14.1. The molecular weight excluding hydrogens is 370 g/mol. The average Bonchev–Trinajstić information content (AvgIpc) is 2.76. The van der Waals surface area contributed by atoms with Crippen LogP contribution < -0.4 is 16.4 Å². The summed E-state index contributed by atoms with van der Waals surface area (Å²) in [7, 11) is 1.49. The molecule has 2 rings (SSSR count). The Labute approximate surface area is 169 Å². The van der Waals surface area contributed by atoms with E-state index in [0.29, 0.717) is 5.57 Å². The number of nitrogens with two attached hydrogens (primary N) is 1. The van der Waals surface area contributed by atoms with Gasteiger partial charge in [0.1, 0.15) is 0 Å². The number of nitrogens with zero attached hydrogens (tertiary/aromatic N) is 1. The smallest absolute Gasteiger partial charge is 0.293 e. The normalized spacial score (nSPS) is 12.2. The zero-order valence-corrected chi connectivity index (χ0v) is 16.0. The predicted octanol–water partition coefficient (Wildman–Crippen LogP) is 1.94. The van der Waals surface area contributed by atoms with Gasteiger partial charge in [-0.05, 0) is 35.4 Å². The molecule has 0 aliphatic heterocycles. The van der Waals surface area contributed by atoms with Crippen LogP contribution in [0.5, 0.6) is 0 Å². The Hall–Kier alpha value is -3.94. The Balaban J connectivity index is 2.05. The van der Waals surface area contributed by atoms with Gasteiger partial charge in [-0.2, -0.15) is 0 Å². The van der Waals surface area contributed by atoms with Crippen molar-refractivity contribution in [2.45, 2.75) is 12.5 Å². The third-order valence-corrected chi connectivity index (χ3v) is 4.14. The van der Waals surface area contributed by atoms with Crippen molar-refractivity contribution in [2.24, 2.45) is 5.73 Å². The van der Waals surface area contributed by atoms with Gasteiger partial charge in [0, 0.05) is 61.3 Å². The lowest BCUT2D eigenvalue weighted by atomic mass is 10.0. The molecule has 0 spiro atoms. The Kier molecular flexibility index (Phi) is 8.12. The van der Waals surface area contributed by atoms with Crippen LogP contribution in [0, 0.1) is 5.41 Å². The Morgan fingerprint density at radius 2 is 2.07 bits per heavy atom. The summed E-state index contributed by atoms with van der Waals surface area (Å²) in [6.45, 7) is 0.275. The molecular formula is C21H23N5O3. The van der Waals surface area contributed by atoms with E-state index in [0.717, 1.165) is 22.4 Å². The molecule has 0 aliphatic carbocycles. The number of hydrogen-bond acceptors (Lipinski definition) is 7. The fraction of sp³-hybridized carbons (Fsp3) is 0.143. The molecule has 0 aliphatic rings. The van der Waals surface area contributed by atoms with Gasteiger partial charge in [0.15, 0.2) is 6.10 Å². The summed E-state index contributed by atoms with van der Waals surface area (Å²) < 4.78 is 4.84. The van der Waals surface area contributed by atoms with Gasteiger partial charge in [-0.15, -0.1) is 0 Å². The lowest BCUT2D eigenvalue weighted by Crippen LogP contribution is -2.35. The van der Waals surface area contributed by atoms with E-state index in [2.05, 4.69) is 15.6 Å². The number of pyridine rings is 1. The van der Waals surface area contributed by atoms with Crippen molar-refractivity contribution >= 4 is 35.9 Å². The SMILES string of the molecule is CNC(=O)C(Cc1ccc(N/C=C/c2cnccc2/C(C=N)=C/N)cc1)OC=O. The highest BCUT2D eigenvalue weighted by Crippen LogP contribution is 2.18. The predicted molar refractivity (Wildman–Crippen MR) is 113 cm³/mol. The van der Waals surface area contributed by atoms with Crippen LogP contribution in [0.25, 0.3) is 11.6 Å². The molecule has 8 nitrogen and oxygen atoms in total. The number of amides is 1. The third kappa shape index (κ3) is 6.03. The molecule has 0 saturated carbocycles. The van der Waals surface area contributed by atoms with Gasteiger partial charge in [0.2, 0.25) is 0 Å². The van der Waals surface area contributed by atoms with Crippen LogP contribution in [0.3, 0.4) is 0 Å². The lowest BCUT2D eigenvalue weighted by Gasteiger charge is -2.13. The number of likely N-dealkylation sites (N-methyl/N-ethyl adjacent to an activating group) is 1. The second-order valence-corrected chi connectivity index (χ2v) is 5.94. The number of ether oxygens (including phenoxy) is 1. The van der Waals surface area contributed by atoms with Crippen molar-refractivity contribution in [3.8, 4) is 0 Å². The van der Waals surface area contributed by atoms with Crippen molar-refractivity contribution in [2.75, 3.05) is 12.4 Å². The molecule has 0 bridgehead atoms. The minimum Gasteiger partial charge on any atom is -0.454 e. The number of nitrogens with one attached hydrogen (secondary N) is 3. The molecule has 1 unspecified atom stereocenters. The second-order valence-electron chi connectivity index (χ2n) is 5.94. The number of benzene rings is 1. The van der Waals surface area contributed by atoms with Crippen molar-refractivity contribution in [1.29, 1.82) is 5.41 Å². The van der Waals surface area contributed by atoms with Crippen molar-refractivity contribution in [1.82, 2.24) is 10.3 Å². The van der Waals surface area contributed by atoms with E-state index in [1.807, 2.05) is 30.3 Å². The maximum atomic E-state index is 11.7. The third-order valence-electron chi connectivity index (χ3n) is 4.14. The van der Waals surface area contributed by atoms with Crippen LogP contribution in [-0.4, -0.2) is 36.7 Å². The number of carbonyl (C=O) groups is 2. The minimum absolute atomic E-state index is 0.275. The summed E-state index contributed by atoms with van der Waals surface area (Å²) >= 11 is 0. The van der Waals surface area contributed by atoms with Gasteiger partial charge in [-0.3, -0.25) is 14.6 Å². The largest absolute Gasteiger partial charge is 0.454 e. The van der Waals surface area contributed by atoms with Crippen molar-refractivity contribution < 1.29 is 14.3 Å². The van der Waals surface area contributed by atoms with Crippen LogP contribution in [0.2, 0.25) is 0 Å². The molecule has 5 N–H and O–H groups in total. The molecule has 0 fully saturated rings.